The average molecular weight is 385 g/mol. The Labute approximate surface area is 166 Å². The zero-order chi connectivity index (χ0) is 20.4. The molecule has 0 atom stereocenters. The number of amides is 1. The van der Waals surface area contributed by atoms with Gasteiger partial charge in [0.2, 0.25) is 0 Å². The van der Waals surface area contributed by atoms with Gasteiger partial charge < -0.3 is 5.11 Å². The Morgan fingerprint density at radius 2 is 1.62 bits per heavy atom. The van der Waals surface area contributed by atoms with E-state index in [-0.39, 0.29) is 22.8 Å². The number of aliphatic imine (C=N–C) groups is 1. The number of hydrogen-bond donors (Lipinski definition) is 1. The van der Waals surface area contributed by atoms with Gasteiger partial charge in [-0.1, -0.05) is 60.7 Å². The van der Waals surface area contributed by atoms with Gasteiger partial charge in [-0.25, -0.2) is 4.99 Å². The van der Waals surface area contributed by atoms with Gasteiger partial charge in [0.15, 0.2) is 0 Å². The molecule has 0 spiro atoms. The molecule has 142 valence electrons. The van der Waals surface area contributed by atoms with Crippen LogP contribution in [0, 0.1) is 10.1 Å². The second-order valence-corrected chi connectivity index (χ2v) is 6.31. The first-order valence-electron chi connectivity index (χ1n) is 8.77. The normalized spacial score (nSPS) is 14.9. The quantitative estimate of drug-likeness (QED) is 0.415. The van der Waals surface area contributed by atoms with Gasteiger partial charge in [0.05, 0.1) is 16.7 Å². The summed E-state index contributed by atoms with van der Waals surface area (Å²) in [4.78, 5) is 29.3. The van der Waals surface area contributed by atoms with Crippen LogP contribution < -0.4 is 4.90 Å². The fourth-order valence-corrected chi connectivity index (χ4v) is 3.04. The van der Waals surface area contributed by atoms with Crippen LogP contribution in [0.2, 0.25) is 0 Å². The third-order valence-electron chi connectivity index (χ3n) is 4.41. The lowest BCUT2D eigenvalue weighted by Gasteiger charge is -2.19. The minimum atomic E-state index is -0.609. The van der Waals surface area contributed by atoms with Crippen LogP contribution in [0.3, 0.4) is 0 Å². The molecule has 0 bridgehead atoms. The molecule has 7 heteroatoms. The molecule has 0 saturated carbocycles. The number of phenolic OH excluding ortho intramolecular Hbond substituents is 1. The molecule has 1 aliphatic heterocycles. The summed E-state index contributed by atoms with van der Waals surface area (Å²) in [5.41, 5.74) is 1.54. The number of nitrogens with zero attached hydrogens (tertiary/aromatic N) is 3. The first-order chi connectivity index (χ1) is 14.0. The molecular formula is C22H15N3O4. The number of non-ortho nitro benzene ring substituents is 1. The first-order valence-corrected chi connectivity index (χ1v) is 8.77. The zero-order valence-corrected chi connectivity index (χ0v) is 15.1. The maximum atomic E-state index is 13.2. The summed E-state index contributed by atoms with van der Waals surface area (Å²) in [5, 5.41) is 21.4. The molecule has 4 rings (SSSR count). The van der Waals surface area contributed by atoms with Crippen molar-refractivity contribution in [1.29, 1.82) is 0 Å². The number of anilines is 1. The van der Waals surface area contributed by atoms with Crippen molar-refractivity contribution < 1.29 is 14.8 Å². The lowest BCUT2D eigenvalue weighted by molar-refractivity contribution is -0.384. The molecule has 0 aliphatic carbocycles. The Balaban J connectivity index is 1.84. The Bertz CT molecular complexity index is 1160. The molecular weight excluding hydrogens is 370 g/mol. The molecule has 3 aromatic rings. The molecule has 0 fully saturated rings. The maximum Gasteiger partial charge on any atom is 0.282 e. The average Bonchev–Trinajstić information content (AvgIpc) is 3.05. The number of amidine groups is 1. The van der Waals surface area contributed by atoms with Gasteiger partial charge in [-0.2, -0.15) is 0 Å². The van der Waals surface area contributed by atoms with Crippen LogP contribution in [0.15, 0.2) is 89.6 Å². The van der Waals surface area contributed by atoms with Gasteiger partial charge in [0.25, 0.3) is 11.6 Å². The number of carbonyl (C=O) groups excluding carboxylic acids is 1. The molecule has 0 radical (unpaired) electrons. The summed E-state index contributed by atoms with van der Waals surface area (Å²) in [5.74, 6) is -0.476. The van der Waals surface area contributed by atoms with Gasteiger partial charge in [0.1, 0.15) is 17.3 Å². The van der Waals surface area contributed by atoms with E-state index in [4.69, 9.17) is 0 Å². The molecule has 0 aromatic heterocycles. The topological polar surface area (TPSA) is 96.0 Å². The van der Waals surface area contributed by atoms with Crippen molar-refractivity contribution in [3.8, 4) is 5.75 Å². The van der Waals surface area contributed by atoms with Crippen LogP contribution in [-0.4, -0.2) is 21.8 Å². The SMILES string of the molecule is O=C1C(=Cc2ccccc2)N=C(c2ccccc2)N1c1ccc([N+](=O)[O-])cc1O. The van der Waals surface area contributed by atoms with E-state index in [1.807, 2.05) is 48.5 Å². The summed E-state index contributed by atoms with van der Waals surface area (Å²) in [6.07, 6.45) is 1.66. The van der Waals surface area contributed by atoms with E-state index in [2.05, 4.69) is 4.99 Å². The van der Waals surface area contributed by atoms with Crippen LogP contribution >= 0.6 is 0 Å². The molecule has 0 saturated heterocycles. The van der Waals surface area contributed by atoms with Gasteiger partial charge >= 0.3 is 0 Å². The Kier molecular flexibility index (Phi) is 4.62. The molecule has 0 unspecified atom stereocenters. The lowest BCUT2D eigenvalue weighted by Crippen LogP contribution is -2.32. The number of rotatable bonds is 4. The van der Waals surface area contributed by atoms with Crippen LogP contribution in [0.4, 0.5) is 11.4 Å². The van der Waals surface area contributed by atoms with Crippen molar-refractivity contribution in [2.75, 3.05) is 4.90 Å². The summed E-state index contributed by atoms with van der Waals surface area (Å²) in [6.45, 7) is 0. The predicted octanol–water partition coefficient (Wildman–Crippen LogP) is 4.13. The Hall–Kier alpha value is -4.26. The zero-order valence-electron chi connectivity index (χ0n) is 15.1. The number of hydrogen-bond acceptors (Lipinski definition) is 5. The highest BCUT2D eigenvalue weighted by Gasteiger charge is 2.34. The minimum absolute atomic E-state index is 0.125. The van der Waals surface area contributed by atoms with Gasteiger partial charge in [0, 0.05) is 11.6 Å². The number of benzene rings is 3. The lowest BCUT2D eigenvalue weighted by atomic mass is 10.1. The molecule has 1 heterocycles. The van der Waals surface area contributed by atoms with E-state index in [1.165, 1.54) is 17.0 Å². The van der Waals surface area contributed by atoms with E-state index in [0.29, 0.717) is 11.4 Å². The van der Waals surface area contributed by atoms with Gasteiger partial charge in [-0.05, 0) is 17.7 Å². The summed E-state index contributed by atoms with van der Waals surface area (Å²) in [7, 11) is 0. The molecule has 1 N–H and O–H groups in total. The maximum absolute atomic E-state index is 13.2. The highest BCUT2D eigenvalue weighted by molar-refractivity contribution is 6.33. The van der Waals surface area contributed by atoms with Crippen molar-refractivity contribution in [3.63, 3.8) is 0 Å². The molecule has 1 amide bonds. The summed E-state index contributed by atoms with van der Waals surface area (Å²) < 4.78 is 0. The van der Waals surface area contributed by atoms with Crippen LogP contribution in [0.1, 0.15) is 11.1 Å². The third-order valence-corrected chi connectivity index (χ3v) is 4.41. The molecule has 29 heavy (non-hydrogen) atoms. The molecule has 1 aliphatic rings. The van der Waals surface area contributed by atoms with Crippen molar-refractivity contribution in [2.24, 2.45) is 4.99 Å². The van der Waals surface area contributed by atoms with Crippen LogP contribution in [0.5, 0.6) is 5.75 Å². The second-order valence-electron chi connectivity index (χ2n) is 6.31. The third kappa shape index (κ3) is 3.49. The second kappa shape index (κ2) is 7.40. The van der Waals surface area contributed by atoms with E-state index in [1.54, 1.807) is 18.2 Å². The van der Waals surface area contributed by atoms with E-state index < -0.39 is 10.8 Å². The summed E-state index contributed by atoms with van der Waals surface area (Å²) in [6, 6.07) is 22.0. The predicted molar refractivity (Wildman–Crippen MR) is 110 cm³/mol. The van der Waals surface area contributed by atoms with Gasteiger partial charge in [-0.3, -0.25) is 19.8 Å². The van der Waals surface area contributed by atoms with E-state index in [0.717, 1.165) is 11.6 Å². The van der Waals surface area contributed by atoms with Crippen molar-refractivity contribution in [1.82, 2.24) is 0 Å². The van der Waals surface area contributed by atoms with Crippen molar-refractivity contribution >= 4 is 29.2 Å². The highest BCUT2D eigenvalue weighted by Crippen LogP contribution is 2.36. The number of nitro benzene ring substituents is 1. The standard InChI is InChI=1S/C22H15N3O4/c26-20-14-17(25(28)29)11-12-19(20)24-21(16-9-5-2-6-10-16)23-18(22(24)27)13-15-7-3-1-4-8-15/h1-14,26H. The Morgan fingerprint density at radius 1 is 0.966 bits per heavy atom. The van der Waals surface area contributed by atoms with E-state index >= 15 is 0 Å². The molecule has 3 aromatic carbocycles. The fraction of sp³-hybridized carbons (Fsp3) is 0. The number of phenols is 1. The van der Waals surface area contributed by atoms with Crippen LogP contribution in [-0.2, 0) is 4.79 Å². The number of carbonyl (C=O) groups is 1. The number of aromatic hydroxyl groups is 1. The van der Waals surface area contributed by atoms with E-state index in [9.17, 15) is 20.0 Å². The first kappa shape index (κ1) is 18.1. The summed E-state index contributed by atoms with van der Waals surface area (Å²) >= 11 is 0. The minimum Gasteiger partial charge on any atom is -0.505 e. The van der Waals surface area contributed by atoms with Crippen molar-refractivity contribution in [2.45, 2.75) is 0 Å². The highest BCUT2D eigenvalue weighted by atomic mass is 16.6. The Morgan fingerprint density at radius 3 is 2.24 bits per heavy atom. The van der Waals surface area contributed by atoms with Gasteiger partial charge in [-0.15, -0.1) is 0 Å². The molecule has 7 nitrogen and oxygen atoms in total. The van der Waals surface area contributed by atoms with Crippen molar-refractivity contribution in [3.05, 3.63) is 106 Å². The smallest absolute Gasteiger partial charge is 0.282 e. The van der Waals surface area contributed by atoms with Crippen LogP contribution in [0.25, 0.3) is 6.08 Å². The number of nitro groups is 1. The monoisotopic (exact) mass is 385 g/mol. The largest absolute Gasteiger partial charge is 0.505 e. The fourth-order valence-electron chi connectivity index (χ4n) is 3.04.